The molecule has 0 saturated carbocycles. The first-order valence-electron chi connectivity index (χ1n) is 14.2. The zero-order valence-corrected chi connectivity index (χ0v) is 25.0. The van der Waals surface area contributed by atoms with Crippen LogP contribution in [0.3, 0.4) is 0 Å². The number of methoxy groups -OCH3 is 2. The second-order valence-electron chi connectivity index (χ2n) is 11.0. The number of amides is 1. The number of Topliss-reactive ketones (excluding diaryl/α,β-unsaturated/α-hetero) is 1. The fourth-order valence-electron chi connectivity index (χ4n) is 4.80. The molecule has 1 fully saturated rings. The third kappa shape index (κ3) is 8.24. The smallest absolute Gasteiger partial charge is 0.341 e. The number of ketones is 1. The number of carbonyl (C=O) groups is 4. The van der Waals surface area contributed by atoms with E-state index in [1.54, 1.807) is 58.4 Å². The molecule has 2 aromatic rings. The van der Waals surface area contributed by atoms with Gasteiger partial charge in [0.05, 0.1) is 14.2 Å². The van der Waals surface area contributed by atoms with Crippen molar-refractivity contribution in [3.8, 4) is 17.2 Å². The Bertz CT molecular complexity index is 1270. The van der Waals surface area contributed by atoms with Crippen LogP contribution >= 0.6 is 0 Å². The number of carboxylic acid groups (broad SMARTS) is 1. The number of aryl methyl sites for hydroxylation is 1. The number of benzene rings is 2. The van der Waals surface area contributed by atoms with Crippen LogP contribution in [0.2, 0.25) is 0 Å². The van der Waals surface area contributed by atoms with Gasteiger partial charge in [-0.2, -0.15) is 0 Å². The van der Waals surface area contributed by atoms with Crippen molar-refractivity contribution in [1.29, 1.82) is 0 Å². The highest BCUT2D eigenvalue weighted by atomic mass is 16.5. The Labute approximate surface area is 246 Å². The summed E-state index contributed by atoms with van der Waals surface area (Å²) in [5, 5.41) is 9.01. The Kier molecular flexibility index (Phi) is 11.4. The van der Waals surface area contributed by atoms with Crippen molar-refractivity contribution in [2.45, 2.75) is 71.4 Å². The molecular formula is C32H41NO9. The number of hydrogen-bond donors (Lipinski definition) is 1. The number of aliphatic carboxylic acids is 1. The number of rotatable bonds is 14. The van der Waals surface area contributed by atoms with E-state index in [9.17, 15) is 19.2 Å². The number of hydrogen-bond acceptors (Lipinski definition) is 8. The van der Waals surface area contributed by atoms with Gasteiger partial charge in [0.15, 0.2) is 18.1 Å². The minimum atomic E-state index is -1.11. The molecule has 1 unspecified atom stereocenters. The Morgan fingerprint density at radius 3 is 2.43 bits per heavy atom. The number of ether oxygens (including phenoxy) is 4. The molecule has 10 heteroatoms. The first-order chi connectivity index (χ1) is 20.0. The molecule has 0 aromatic heterocycles. The minimum absolute atomic E-state index is 0.305. The van der Waals surface area contributed by atoms with Gasteiger partial charge in [0.25, 0.3) is 5.91 Å². The first kappa shape index (κ1) is 32.4. The van der Waals surface area contributed by atoms with E-state index in [1.807, 2.05) is 19.1 Å². The average Bonchev–Trinajstić information content (AvgIpc) is 3.01. The standard InChI is InChI=1S/C32H41NO9/c1-6-32(2,3)29(36)30(37)33-17-8-7-12-24(33)31(38)42-25(22-10-9-11-23(19-22)41-20-28(34)35)15-13-21-14-16-26(39-4)27(18-21)40-5/h9-11,14,16,18-19,24-25H,6-8,12-13,15,17,20H2,1-5H3,(H,34,35)/t24?,25-/m1/s1. The lowest BCUT2D eigenvalue weighted by atomic mass is 9.84. The Hall–Kier alpha value is -4.08. The largest absolute Gasteiger partial charge is 0.493 e. The highest BCUT2D eigenvalue weighted by molar-refractivity contribution is 6.38. The molecule has 1 aliphatic heterocycles. The van der Waals surface area contributed by atoms with Crippen molar-refractivity contribution in [3.63, 3.8) is 0 Å². The second-order valence-corrected chi connectivity index (χ2v) is 11.0. The summed E-state index contributed by atoms with van der Waals surface area (Å²) in [6.07, 6.45) is 2.47. The number of piperidine rings is 1. The van der Waals surface area contributed by atoms with Gasteiger partial charge in [-0.3, -0.25) is 9.59 Å². The fourth-order valence-corrected chi connectivity index (χ4v) is 4.80. The van der Waals surface area contributed by atoms with Crippen LogP contribution in [0.5, 0.6) is 17.2 Å². The van der Waals surface area contributed by atoms with Crippen LogP contribution in [0.25, 0.3) is 0 Å². The molecule has 3 rings (SSSR count). The van der Waals surface area contributed by atoms with E-state index in [4.69, 9.17) is 24.1 Å². The topological polar surface area (TPSA) is 129 Å². The lowest BCUT2D eigenvalue weighted by Gasteiger charge is -2.36. The van der Waals surface area contributed by atoms with Crippen LogP contribution in [0.15, 0.2) is 42.5 Å². The van der Waals surface area contributed by atoms with Crippen molar-refractivity contribution in [1.82, 2.24) is 4.90 Å². The van der Waals surface area contributed by atoms with Gasteiger partial charge in [-0.15, -0.1) is 0 Å². The summed E-state index contributed by atoms with van der Waals surface area (Å²) >= 11 is 0. The highest BCUT2D eigenvalue weighted by Gasteiger charge is 2.41. The molecule has 10 nitrogen and oxygen atoms in total. The molecule has 1 saturated heterocycles. The zero-order chi connectivity index (χ0) is 30.9. The molecule has 1 heterocycles. The molecule has 228 valence electrons. The molecule has 0 radical (unpaired) electrons. The number of esters is 1. The number of likely N-dealkylation sites (tertiary alicyclic amines) is 1. The predicted octanol–water partition coefficient (Wildman–Crippen LogP) is 4.77. The Morgan fingerprint density at radius 1 is 1.02 bits per heavy atom. The molecule has 0 bridgehead atoms. The fraction of sp³-hybridized carbons (Fsp3) is 0.500. The Balaban J connectivity index is 1.87. The molecule has 42 heavy (non-hydrogen) atoms. The molecule has 2 aromatic carbocycles. The summed E-state index contributed by atoms with van der Waals surface area (Å²) < 4.78 is 22.2. The van der Waals surface area contributed by atoms with Crippen molar-refractivity contribution in [2.75, 3.05) is 27.4 Å². The molecule has 0 spiro atoms. The summed E-state index contributed by atoms with van der Waals surface area (Å²) in [7, 11) is 3.11. The van der Waals surface area contributed by atoms with Crippen LogP contribution in [-0.2, 0) is 30.3 Å². The SMILES string of the molecule is CCC(C)(C)C(=O)C(=O)N1CCCCC1C(=O)O[C@H](CCc1ccc(OC)c(OC)c1)c1cccc(OCC(=O)O)c1. The maximum Gasteiger partial charge on any atom is 0.341 e. The van der Waals surface area contributed by atoms with Crippen LogP contribution < -0.4 is 14.2 Å². The molecular weight excluding hydrogens is 542 g/mol. The van der Waals surface area contributed by atoms with Crippen molar-refractivity contribution < 1.29 is 43.2 Å². The highest BCUT2D eigenvalue weighted by Crippen LogP contribution is 2.32. The van der Waals surface area contributed by atoms with Gasteiger partial charge >= 0.3 is 11.9 Å². The van der Waals surface area contributed by atoms with Gasteiger partial charge in [-0.05, 0) is 73.9 Å². The van der Waals surface area contributed by atoms with Gasteiger partial charge in [0.2, 0.25) is 5.78 Å². The van der Waals surface area contributed by atoms with E-state index in [0.717, 1.165) is 12.0 Å². The zero-order valence-electron chi connectivity index (χ0n) is 25.0. The first-order valence-corrected chi connectivity index (χ1v) is 14.2. The molecule has 1 aliphatic rings. The van der Waals surface area contributed by atoms with Crippen molar-refractivity contribution in [2.24, 2.45) is 5.41 Å². The third-order valence-corrected chi connectivity index (χ3v) is 7.72. The molecule has 2 atom stereocenters. The number of carboxylic acids is 1. The predicted molar refractivity (Wildman–Crippen MR) is 155 cm³/mol. The van der Waals surface area contributed by atoms with Gasteiger partial charge in [-0.1, -0.05) is 39.0 Å². The maximum absolute atomic E-state index is 13.7. The van der Waals surface area contributed by atoms with Crippen molar-refractivity contribution in [3.05, 3.63) is 53.6 Å². The Morgan fingerprint density at radius 2 is 1.76 bits per heavy atom. The van der Waals surface area contributed by atoms with Crippen LogP contribution in [0.4, 0.5) is 0 Å². The van der Waals surface area contributed by atoms with E-state index >= 15 is 0 Å². The second kappa shape index (κ2) is 14.7. The van der Waals surface area contributed by atoms with E-state index in [1.165, 1.54) is 4.90 Å². The summed E-state index contributed by atoms with van der Waals surface area (Å²) in [5.41, 5.74) is 0.707. The lowest BCUT2D eigenvalue weighted by molar-refractivity contribution is -0.164. The molecule has 0 aliphatic carbocycles. The van der Waals surface area contributed by atoms with E-state index in [2.05, 4.69) is 0 Å². The number of nitrogens with zero attached hydrogens (tertiary/aromatic N) is 1. The normalized spacial score (nSPS) is 15.8. The van der Waals surface area contributed by atoms with Gasteiger partial charge in [0, 0.05) is 12.0 Å². The minimum Gasteiger partial charge on any atom is -0.493 e. The monoisotopic (exact) mass is 583 g/mol. The maximum atomic E-state index is 13.7. The van der Waals surface area contributed by atoms with Crippen LogP contribution in [0.1, 0.15) is 70.1 Å². The van der Waals surface area contributed by atoms with E-state index in [-0.39, 0.29) is 0 Å². The van der Waals surface area contributed by atoms with Gasteiger partial charge in [-0.25, -0.2) is 9.59 Å². The van der Waals surface area contributed by atoms with Crippen LogP contribution in [-0.4, -0.2) is 67.0 Å². The average molecular weight is 584 g/mol. The molecule has 1 N–H and O–H groups in total. The quantitative estimate of drug-likeness (QED) is 0.247. The lowest BCUT2D eigenvalue weighted by Crippen LogP contribution is -2.53. The summed E-state index contributed by atoms with van der Waals surface area (Å²) in [4.78, 5) is 52.3. The van der Waals surface area contributed by atoms with Crippen LogP contribution in [0, 0.1) is 5.41 Å². The van der Waals surface area contributed by atoms with E-state index in [0.29, 0.717) is 61.5 Å². The van der Waals surface area contributed by atoms with E-state index < -0.39 is 47.8 Å². The summed E-state index contributed by atoms with van der Waals surface area (Å²) in [6, 6.07) is 11.4. The number of carbonyl (C=O) groups excluding carboxylic acids is 3. The third-order valence-electron chi connectivity index (χ3n) is 7.72. The van der Waals surface area contributed by atoms with Crippen molar-refractivity contribution >= 4 is 23.6 Å². The van der Waals surface area contributed by atoms with Gasteiger partial charge in [0.1, 0.15) is 17.9 Å². The van der Waals surface area contributed by atoms with Gasteiger partial charge < -0.3 is 29.0 Å². The summed E-state index contributed by atoms with van der Waals surface area (Å²) in [5.74, 6) is -1.38. The summed E-state index contributed by atoms with van der Waals surface area (Å²) in [6.45, 7) is 5.10. The molecule has 1 amide bonds.